The molecule has 0 aliphatic rings. The van der Waals surface area contributed by atoms with Crippen LogP contribution in [0.4, 0.5) is 0 Å². The topological polar surface area (TPSA) is 46.6 Å². The Morgan fingerprint density at radius 1 is 0.793 bits per heavy atom. The highest BCUT2D eigenvalue weighted by Crippen LogP contribution is 2.26. The predicted octanol–water partition coefficient (Wildman–Crippen LogP) is 4.41. The van der Waals surface area contributed by atoms with Gasteiger partial charge in [0.05, 0.1) is 0 Å². The van der Waals surface area contributed by atoms with Gasteiger partial charge in [-0.1, -0.05) is 91.0 Å². The van der Waals surface area contributed by atoms with Crippen molar-refractivity contribution in [2.24, 2.45) is 0 Å². The molecule has 0 spiro atoms. The minimum atomic E-state index is -0.869. The zero-order valence-corrected chi connectivity index (χ0v) is 16.7. The first-order valence-corrected chi connectivity index (χ1v) is 9.65. The van der Waals surface area contributed by atoms with Crippen molar-refractivity contribution in [3.63, 3.8) is 0 Å². The first kappa shape index (κ1) is 20.3. The monoisotopic (exact) mass is 387 g/mol. The second-order valence-electron chi connectivity index (χ2n) is 7.01. The Labute approximate surface area is 171 Å². The number of likely N-dealkylation sites (N-methyl/N-ethyl adjacent to an activating group) is 1. The number of nitrogens with zero attached hydrogens (tertiary/aromatic N) is 1. The molecule has 0 heterocycles. The smallest absolute Gasteiger partial charge is 0.318 e. The summed E-state index contributed by atoms with van der Waals surface area (Å²) in [6, 6.07) is 28.7. The normalized spacial score (nSPS) is 11.7. The van der Waals surface area contributed by atoms with Gasteiger partial charge in [-0.2, -0.15) is 0 Å². The second-order valence-corrected chi connectivity index (χ2v) is 7.01. The number of hydrogen-bond donors (Lipinski definition) is 0. The van der Waals surface area contributed by atoms with Gasteiger partial charge in [0.1, 0.15) is 5.92 Å². The molecule has 0 saturated carbocycles. The molecule has 1 amide bonds. The van der Waals surface area contributed by atoms with Crippen LogP contribution in [0, 0.1) is 0 Å². The number of ether oxygens (including phenoxy) is 1. The predicted molar refractivity (Wildman–Crippen MR) is 113 cm³/mol. The van der Waals surface area contributed by atoms with Crippen molar-refractivity contribution < 1.29 is 14.3 Å². The molecule has 0 aliphatic carbocycles. The van der Waals surface area contributed by atoms with Crippen LogP contribution in [0.2, 0.25) is 0 Å². The highest BCUT2D eigenvalue weighted by molar-refractivity contribution is 5.87. The summed E-state index contributed by atoms with van der Waals surface area (Å²) in [6.07, 6.45) is -0.869. The van der Waals surface area contributed by atoms with Crippen molar-refractivity contribution in [2.75, 3.05) is 7.05 Å². The van der Waals surface area contributed by atoms with Crippen LogP contribution in [0.3, 0.4) is 0 Å². The van der Waals surface area contributed by atoms with Crippen LogP contribution in [-0.4, -0.2) is 29.9 Å². The summed E-state index contributed by atoms with van der Waals surface area (Å²) in [5, 5.41) is 0. The van der Waals surface area contributed by atoms with E-state index in [2.05, 4.69) is 0 Å². The zero-order valence-electron chi connectivity index (χ0n) is 16.7. The van der Waals surface area contributed by atoms with E-state index < -0.39 is 18.0 Å². The summed E-state index contributed by atoms with van der Waals surface area (Å²) in [4.78, 5) is 27.4. The first-order chi connectivity index (χ1) is 14.1. The first-order valence-electron chi connectivity index (χ1n) is 9.65. The lowest BCUT2D eigenvalue weighted by molar-refractivity contribution is -0.159. The third-order valence-corrected chi connectivity index (χ3v) is 4.78. The Hall–Kier alpha value is -3.40. The number of rotatable bonds is 7. The van der Waals surface area contributed by atoms with Crippen molar-refractivity contribution >= 4 is 11.9 Å². The van der Waals surface area contributed by atoms with Crippen LogP contribution >= 0.6 is 0 Å². The minimum absolute atomic E-state index is 0.234. The summed E-state index contributed by atoms with van der Waals surface area (Å²) >= 11 is 0. The maximum Gasteiger partial charge on any atom is 0.318 e. The Morgan fingerprint density at radius 2 is 1.24 bits per heavy atom. The fourth-order valence-electron chi connectivity index (χ4n) is 3.29. The molecule has 0 N–H and O–H groups in total. The van der Waals surface area contributed by atoms with Crippen LogP contribution in [0.25, 0.3) is 0 Å². The molecule has 3 aromatic carbocycles. The average Bonchev–Trinajstić information content (AvgIpc) is 2.75. The lowest BCUT2D eigenvalue weighted by Crippen LogP contribution is -2.38. The molecule has 0 fully saturated rings. The molecule has 0 aliphatic heterocycles. The van der Waals surface area contributed by atoms with Gasteiger partial charge in [0.15, 0.2) is 6.10 Å². The number of carbonyl (C=O) groups is 2. The average molecular weight is 387 g/mol. The van der Waals surface area contributed by atoms with Gasteiger partial charge in [0.25, 0.3) is 5.91 Å². The van der Waals surface area contributed by atoms with E-state index in [1.165, 1.54) is 0 Å². The molecule has 148 valence electrons. The molecule has 4 heteroatoms. The van der Waals surface area contributed by atoms with Crippen molar-refractivity contribution in [3.8, 4) is 0 Å². The Morgan fingerprint density at radius 3 is 1.72 bits per heavy atom. The summed E-state index contributed by atoms with van der Waals surface area (Å²) in [6.45, 7) is 2.08. The van der Waals surface area contributed by atoms with Crippen LogP contribution in [0.15, 0.2) is 91.0 Å². The van der Waals surface area contributed by atoms with E-state index in [9.17, 15) is 9.59 Å². The molecule has 29 heavy (non-hydrogen) atoms. The lowest BCUT2D eigenvalue weighted by Gasteiger charge is -2.24. The number of benzene rings is 3. The third-order valence-electron chi connectivity index (χ3n) is 4.78. The lowest BCUT2D eigenvalue weighted by atomic mass is 9.91. The maximum atomic E-state index is 13.0. The molecule has 4 nitrogen and oxygen atoms in total. The molecule has 0 radical (unpaired) electrons. The molecule has 0 aromatic heterocycles. The van der Waals surface area contributed by atoms with Gasteiger partial charge in [-0.25, -0.2) is 0 Å². The molecular weight excluding hydrogens is 362 g/mol. The molecule has 3 aromatic rings. The van der Waals surface area contributed by atoms with Crippen LogP contribution in [-0.2, 0) is 20.9 Å². The van der Waals surface area contributed by atoms with E-state index in [1.807, 2.05) is 91.0 Å². The molecule has 0 saturated heterocycles. The van der Waals surface area contributed by atoms with Gasteiger partial charge in [-0.3, -0.25) is 9.59 Å². The molecular formula is C25H25NO3. The highest BCUT2D eigenvalue weighted by atomic mass is 16.5. The van der Waals surface area contributed by atoms with Crippen molar-refractivity contribution in [3.05, 3.63) is 108 Å². The van der Waals surface area contributed by atoms with Crippen LogP contribution in [0.5, 0.6) is 0 Å². The summed E-state index contributed by atoms with van der Waals surface area (Å²) in [5.74, 6) is -1.24. The molecule has 0 unspecified atom stereocenters. The van der Waals surface area contributed by atoms with Crippen LogP contribution < -0.4 is 0 Å². The van der Waals surface area contributed by atoms with Gasteiger partial charge in [-0.05, 0) is 23.6 Å². The van der Waals surface area contributed by atoms with Crippen molar-refractivity contribution in [2.45, 2.75) is 25.5 Å². The Kier molecular flexibility index (Phi) is 6.80. The van der Waals surface area contributed by atoms with Crippen molar-refractivity contribution in [1.29, 1.82) is 0 Å². The van der Waals surface area contributed by atoms with E-state index in [4.69, 9.17) is 4.74 Å². The summed E-state index contributed by atoms with van der Waals surface area (Å²) in [7, 11) is 1.71. The SMILES string of the molecule is C[C@H](OC(=O)C(c1ccccc1)c1ccccc1)C(=O)N(C)Cc1ccccc1. The summed E-state index contributed by atoms with van der Waals surface area (Å²) in [5.41, 5.74) is 2.69. The minimum Gasteiger partial charge on any atom is -0.452 e. The van der Waals surface area contributed by atoms with E-state index in [0.717, 1.165) is 16.7 Å². The van der Waals surface area contributed by atoms with Crippen molar-refractivity contribution in [1.82, 2.24) is 4.90 Å². The maximum absolute atomic E-state index is 13.0. The van der Waals surface area contributed by atoms with Gasteiger partial charge >= 0.3 is 5.97 Å². The van der Waals surface area contributed by atoms with E-state index >= 15 is 0 Å². The number of carbonyl (C=O) groups excluding carboxylic acids is 2. The third kappa shape index (κ3) is 5.32. The highest BCUT2D eigenvalue weighted by Gasteiger charge is 2.29. The number of esters is 1. The van der Waals surface area contributed by atoms with Gasteiger partial charge in [0.2, 0.25) is 0 Å². The molecule has 1 atom stereocenters. The largest absolute Gasteiger partial charge is 0.452 e. The van der Waals surface area contributed by atoms with Gasteiger partial charge in [-0.15, -0.1) is 0 Å². The van der Waals surface area contributed by atoms with Gasteiger partial charge in [0, 0.05) is 13.6 Å². The number of hydrogen-bond acceptors (Lipinski definition) is 3. The molecule has 0 bridgehead atoms. The zero-order chi connectivity index (χ0) is 20.6. The van der Waals surface area contributed by atoms with Crippen LogP contribution in [0.1, 0.15) is 29.5 Å². The quantitative estimate of drug-likeness (QED) is 0.564. The van der Waals surface area contributed by atoms with E-state index in [-0.39, 0.29) is 5.91 Å². The Bertz CT molecular complexity index is 887. The van der Waals surface area contributed by atoms with E-state index in [1.54, 1.807) is 18.9 Å². The Balaban J connectivity index is 1.72. The van der Waals surface area contributed by atoms with Gasteiger partial charge < -0.3 is 9.64 Å². The second kappa shape index (κ2) is 9.69. The number of amides is 1. The standard InChI is InChI=1S/C25H25NO3/c1-19(24(27)26(2)18-20-12-6-3-7-13-20)29-25(28)23(21-14-8-4-9-15-21)22-16-10-5-11-17-22/h3-17,19,23H,18H2,1-2H3/t19-/m0/s1. The van der Waals surface area contributed by atoms with E-state index in [0.29, 0.717) is 6.54 Å². The fourth-order valence-corrected chi connectivity index (χ4v) is 3.29. The molecule has 3 rings (SSSR count). The fraction of sp³-hybridized carbons (Fsp3) is 0.200. The summed E-state index contributed by atoms with van der Waals surface area (Å²) < 4.78 is 5.61.